The maximum absolute atomic E-state index is 10.7. The number of phenolic OH excluding ortho intramolecular Hbond substituents is 3. The molecule has 0 radical (unpaired) electrons. The Kier molecular flexibility index (Phi) is 16.0. The number of rotatable bonds is 15. The lowest BCUT2D eigenvalue weighted by Crippen LogP contribution is -2.61. The standard InChI is InChI=1S/C18H23NO3.C12H22O12/c1-13(2-3-14-4-7-16(20)8-5-14)19-11-10-15-6-9-17(21)18(22)12-15;13-1-3(15)10(7(18)8(19)11(21)22)24-12-9(20)6(17)5(16)4(2-14)23-12/h4-9,12-13,19-22H,2-3,10-11H2,1H3;3-10,12-20H,1-2H2,(H,21,22). The molecule has 16 nitrogen and oxygen atoms in total. The van der Waals surface area contributed by atoms with E-state index in [0.717, 1.165) is 31.4 Å². The van der Waals surface area contributed by atoms with E-state index in [2.05, 4.69) is 12.2 Å². The largest absolute Gasteiger partial charge is 0.508 e. The van der Waals surface area contributed by atoms with Gasteiger partial charge in [-0.15, -0.1) is 0 Å². The molecule has 2 aromatic rings. The van der Waals surface area contributed by atoms with Crippen LogP contribution in [0.3, 0.4) is 0 Å². The predicted octanol–water partition coefficient (Wildman–Crippen LogP) is -2.71. The summed E-state index contributed by atoms with van der Waals surface area (Å²) >= 11 is 0. The number of aliphatic hydroxyl groups is 8. The topological polar surface area (TPSA) is 290 Å². The summed E-state index contributed by atoms with van der Waals surface area (Å²) in [6.07, 6.45) is -14.1. The number of carboxylic acid groups (broad SMARTS) is 1. The van der Waals surface area contributed by atoms with E-state index in [4.69, 9.17) is 24.8 Å². The zero-order valence-corrected chi connectivity index (χ0v) is 25.1. The third-order valence-corrected chi connectivity index (χ3v) is 7.37. The van der Waals surface area contributed by atoms with E-state index in [0.29, 0.717) is 11.8 Å². The third kappa shape index (κ3) is 11.6. The van der Waals surface area contributed by atoms with Gasteiger partial charge in [0.1, 0.15) is 48.5 Å². The second-order valence-electron chi connectivity index (χ2n) is 11.0. The second-order valence-corrected chi connectivity index (χ2v) is 11.0. The first-order valence-electron chi connectivity index (χ1n) is 14.6. The van der Waals surface area contributed by atoms with Gasteiger partial charge in [0.2, 0.25) is 0 Å². The third-order valence-electron chi connectivity index (χ3n) is 7.37. The van der Waals surface area contributed by atoms with Gasteiger partial charge >= 0.3 is 5.97 Å². The summed E-state index contributed by atoms with van der Waals surface area (Å²) in [5, 5.41) is 116. The molecule has 0 spiro atoms. The van der Waals surface area contributed by atoms with Crippen LogP contribution in [0, 0.1) is 0 Å². The van der Waals surface area contributed by atoms with Crippen LogP contribution < -0.4 is 5.32 Å². The van der Waals surface area contributed by atoms with Gasteiger partial charge in [0, 0.05) is 6.04 Å². The van der Waals surface area contributed by atoms with Gasteiger partial charge in [0.15, 0.2) is 23.9 Å². The van der Waals surface area contributed by atoms with Gasteiger partial charge in [-0.3, -0.25) is 0 Å². The highest BCUT2D eigenvalue weighted by molar-refractivity contribution is 5.72. The van der Waals surface area contributed by atoms with Gasteiger partial charge in [-0.1, -0.05) is 18.2 Å². The number of aryl methyl sites for hydroxylation is 1. The summed E-state index contributed by atoms with van der Waals surface area (Å²) in [7, 11) is 0. The predicted molar refractivity (Wildman–Crippen MR) is 159 cm³/mol. The maximum atomic E-state index is 10.7. The van der Waals surface area contributed by atoms with Crippen molar-refractivity contribution in [2.45, 2.75) is 87.3 Å². The minimum Gasteiger partial charge on any atom is -0.508 e. The molecule has 260 valence electrons. The molecule has 1 saturated heterocycles. The zero-order valence-electron chi connectivity index (χ0n) is 25.1. The molecule has 0 bridgehead atoms. The SMILES string of the molecule is CC(CCc1ccc(O)cc1)NCCc1ccc(O)c(O)c1.O=C(O)C(O)C(O)C(OC1OC(CO)C(O)C(O)C1O)C(O)CO. The molecular weight excluding hydrogens is 614 g/mol. The molecule has 1 aliphatic heterocycles. The smallest absolute Gasteiger partial charge is 0.335 e. The Labute approximate surface area is 265 Å². The molecule has 2 aromatic carbocycles. The van der Waals surface area contributed by atoms with Crippen molar-refractivity contribution in [1.29, 1.82) is 0 Å². The monoisotopic (exact) mass is 659 g/mol. The summed E-state index contributed by atoms with van der Waals surface area (Å²) in [4.78, 5) is 10.7. The molecule has 16 heteroatoms. The van der Waals surface area contributed by atoms with Crippen molar-refractivity contribution in [2.24, 2.45) is 0 Å². The van der Waals surface area contributed by atoms with Crippen LogP contribution in [0.5, 0.6) is 17.2 Å². The number of benzene rings is 2. The minimum absolute atomic E-state index is 0.0714. The lowest BCUT2D eigenvalue weighted by Gasteiger charge is -2.42. The van der Waals surface area contributed by atoms with Gasteiger partial charge in [0.05, 0.1) is 13.2 Å². The van der Waals surface area contributed by atoms with Gasteiger partial charge in [-0.05, 0) is 68.1 Å². The maximum Gasteiger partial charge on any atom is 0.335 e. The number of aliphatic hydroxyl groups excluding tert-OH is 8. The number of phenols is 3. The molecular formula is C30H45NO15. The molecule has 10 atom stereocenters. The Hall–Kier alpha value is -3.13. The summed E-state index contributed by atoms with van der Waals surface area (Å²) in [6.45, 7) is 1.21. The molecule has 0 aliphatic carbocycles. The summed E-state index contributed by atoms with van der Waals surface area (Å²) in [5.74, 6) is -1.70. The molecule has 1 heterocycles. The quantitative estimate of drug-likeness (QED) is 0.0865. The van der Waals surface area contributed by atoms with Crippen molar-refractivity contribution in [3.05, 3.63) is 53.6 Å². The second kappa shape index (κ2) is 18.9. The van der Waals surface area contributed by atoms with Crippen LogP contribution in [0.4, 0.5) is 0 Å². The first-order chi connectivity index (χ1) is 21.7. The van der Waals surface area contributed by atoms with Crippen molar-refractivity contribution in [2.75, 3.05) is 19.8 Å². The van der Waals surface area contributed by atoms with Crippen molar-refractivity contribution < 1.29 is 75.5 Å². The Morgan fingerprint density at radius 2 is 1.52 bits per heavy atom. The number of carbonyl (C=O) groups is 1. The molecule has 3 rings (SSSR count). The van der Waals surface area contributed by atoms with Crippen molar-refractivity contribution in [3.8, 4) is 17.2 Å². The number of aliphatic carboxylic acids is 1. The van der Waals surface area contributed by atoms with E-state index >= 15 is 0 Å². The fraction of sp³-hybridized carbons (Fsp3) is 0.567. The first-order valence-corrected chi connectivity index (χ1v) is 14.6. The Morgan fingerprint density at radius 3 is 2.09 bits per heavy atom. The van der Waals surface area contributed by atoms with E-state index in [1.54, 1.807) is 18.2 Å². The molecule has 0 saturated carbocycles. The highest BCUT2D eigenvalue weighted by atomic mass is 16.7. The summed E-state index contributed by atoms with van der Waals surface area (Å²) in [5.41, 5.74) is 2.21. The summed E-state index contributed by atoms with van der Waals surface area (Å²) < 4.78 is 9.98. The lowest BCUT2D eigenvalue weighted by atomic mass is 9.98. The van der Waals surface area contributed by atoms with Crippen LogP contribution in [0.2, 0.25) is 0 Å². The van der Waals surface area contributed by atoms with Crippen LogP contribution in [0.15, 0.2) is 42.5 Å². The average molecular weight is 660 g/mol. The Balaban J connectivity index is 0.000000321. The number of carboxylic acids is 1. The fourth-order valence-electron chi connectivity index (χ4n) is 4.50. The first kappa shape index (κ1) is 39.1. The van der Waals surface area contributed by atoms with Crippen molar-refractivity contribution in [3.63, 3.8) is 0 Å². The van der Waals surface area contributed by atoms with Gasteiger partial charge in [-0.25, -0.2) is 4.79 Å². The molecule has 0 aromatic heterocycles. The van der Waals surface area contributed by atoms with Crippen LogP contribution in [-0.2, 0) is 27.1 Å². The molecule has 10 unspecified atom stereocenters. The van der Waals surface area contributed by atoms with E-state index in [1.807, 2.05) is 18.2 Å². The Morgan fingerprint density at radius 1 is 0.891 bits per heavy atom. The van der Waals surface area contributed by atoms with Crippen LogP contribution in [0.25, 0.3) is 0 Å². The zero-order chi connectivity index (χ0) is 34.6. The van der Waals surface area contributed by atoms with Crippen molar-refractivity contribution >= 4 is 5.97 Å². The molecule has 46 heavy (non-hydrogen) atoms. The van der Waals surface area contributed by atoms with Crippen LogP contribution in [-0.4, -0.2) is 148 Å². The molecule has 13 N–H and O–H groups in total. The lowest BCUT2D eigenvalue weighted by molar-refractivity contribution is -0.326. The number of hydrogen-bond acceptors (Lipinski definition) is 15. The number of hydrogen-bond donors (Lipinski definition) is 13. The average Bonchev–Trinajstić information content (AvgIpc) is 3.04. The van der Waals surface area contributed by atoms with Crippen LogP contribution >= 0.6 is 0 Å². The number of ether oxygens (including phenoxy) is 2. The van der Waals surface area contributed by atoms with Gasteiger partial charge < -0.3 is 76.1 Å². The van der Waals surface area contributed by atoms with E-state index in [-0.39, 0.29) is 11.5 Å². The van der Waals surface area contributed by atoms with Crippen LogP contribution in [0.1, 0.15) is 24.5 Å². The summed E-state index contributed by atoms with van der Waals surface area (Å²) in [6, 6.07) is 12.6. The van der Waals surface area contributed by atoms with E-state index in [1.165, 1.54) is 11.6 Å². The normalized spacial score (nSPS) is 24.6. The fourth-order valence-corrected chi connectivity index (χ4v) is 4.50. The van der Waals surface area contributed by atoms with E-state index in [9.17, 15) is 50.8 Å². The molecule has 0 amide bonds. The van der Waals surface area contributed by atoms with E-state index < -0.39 is 74.3 Å². The molecule has 1 fully saturated rings. The highest BCUT2D eigenvalue weighted by Crippen LogP contribution is 2.26. The number of nitrogens with one attached hydrogen (secondary N) is 1. The molecule has 1 aliphatic rings. The Bertz CT molecular complexity index is 1180. The van der Waals surface area contributed by atoms with Gasteiger partial charge in [-0.2, -0.15) is 0 Å². The number of aromatic hydroxyl groups is 3. The van der Waals surface area contributed by atoms with Gasteiger partial charge in [0.25, 0.3) is 0 Å². The minimum atomic E-state index is -2.39. The highest BCUT2D eigenvalue weighted by Gasteiger charge is 2.47. The van der Waals surface area contributed by atoms with Crippen molar-refractivity contribution in [1.82, 2.24) is 5.32 Å².